The van der Waals surface area contributed by atoms with Crippen molar-refractivity contribution in [3.63, 3.8) is 0 Å². The van der Waals surface area contributed by atoms with Crippen LogP contribution in [-0.4, -0.2) is 39.0 Å². The number of aryl methyl sites for hydroxylation is 2. The second-order valence-corrected chi connectivity index (χ2v) is 7.53. The first kappa shape index (κ1) is 15.0. The zero-order valence-corrected chi connectivity index (χ0v) is 14.3. The Balaban J connectivity index is 2.19. The fourth-order valence-corrected chi connectivity index (χ4v) is 3.58. The molecule has 1 aliphatic rings. The van der Waals surface area contributed by atoms with Crippen LogP contribution in [0.5, 0.6) is 0 Å². The van der Waals surface area contributed by atoms with Crippen LogP contribution in [0.25, 0.3) is 0 Å². The van der Waals surface area contributed by atoms with Gasteiger partial charge >= 0.3 is 0 Å². The van der Waals surface area contributed by atoms with Gasteiger partial charge in [0.1, 0.15) is 0 Å². The lowest BCUT2D eigenvalue weighted by Gasteiger charge is -2.47. The normalized spacial score (nSPS) is 22.7. The van der Waals surface area contributed by atoms with E-state index in [1.165, 1.54) is 5.69 Å². The van der Waals surface area contributed by atoms with E-state index in [0.29, 0.717) is 0 Å². The quantitative estimate of drug-likeness (QED) is 0.835. The van der Waals surface area contributed by atoms with E-state index in [4.69, 9.17) is 4.74 Å². The molecule has 2 rings (SSSR count). The molecule has 0 unspecified atom stereocenters. The van der Waals surface area contributed by atoms with Crippen molar-refractivity contribution < 1.29 is 4.74 Å². The monoisotopic (exact) mass is 329 g/mol. The highest BCUT2D eigenvalue weighted by molar-refractivity contribution is 9.10. The van der Waals surface area contributed by atoms with E-state index in [0.717, 1.165) is 29.8 Å². The second kappa shape index (κ2) is 4.86. The molecule has 108 valence electrons. The third-order valence-corrected chi connectivity index (χ3v) is 4.43. The molecule has 1 aliphatic heterocycles. The minimum absolute atomic E-state index is 0.109. The zero-order valence-electron chi connectivity index (χ0n) is 12.7. The summed E-state index contributed by atoms with van der Waals surface area (Å²) in [5.74, 6) is 0. The summed E-state index contributed by atoms with van der Waals surface area (Å²) < 4.78 is 9.21. The van der Waals surface area contributed by atoms with Crippen LogP contribution >= 0.6 is 15.9 Å². The molecule has 1 saturated heterocycles. The van der Waals surface area contributed by atoms with E-state index < -0.39 is 0 Å². The van der Waals surface area contributed by atoms with Gasteiger partial charge in [-0.05, 0) is 50.5 Å². The average molecular weight is 330 g/mol. The van der Waals surface area contributed by atoms with Crippen molar-refractivity contribution in [2.75, 3.05) is 13.1 Å². The maximum Gasteiger partial charge on any atom is 0.0760 e. The van der Waals surface area contributed by atoms with Gasteiger partial charge in [0.2, 0.25) is 0 Å². The third-order valence-electron chi connectivity index (χ3n) is 3.40. The number of morpholine rings is 1. The van der Waals surface area contributed by atoms with Gasteiger partial charge in [-0.2, -0.15) is 5.10 Å². The molecule has 0 radical (unpaired) electrons. The van der Waals surface area contributed by atoms with Crippen LogP contribution in [0.15, 0.2) is 4.47 Å². The number of ether oxygens (including phenoxy) is 1. The van der Waals surface area contributed by atoms with Gasteiger partial charge in [-0.3, -0.25) is 9.58 Å². The smallest absolute Gasteiger partial charge is 0.0760 e. The number of nitrogens with zero attached hydrogens (tertiary/aromatic N) is 3. The molecule has 0 aromatic carbocycles. The predicted octanol–water partition coefficient (Wildman–Crippen LogP) is 2.88. The number of aromatic nitrogens is 2. The molecule has 0 spiro atoms. The molecule has 0 amide bonds. The number of hydrogen-bond acceptors (Lipinski definition) is 3. The molecule has 5 heteroatoms. The summed E-state index contributed by atoms with van der Waals surface area (Å²) in [5, 5.41) is 4.46. The summed E-state index contributed by atoms with van der Waals surface area (Å²) in [5.41, 5.74) is 2.05. The largest absolute Gasteiger partial charge is 0.367 e. The lowest BCUT2D eigenvalue weighted by atomic mass is 9.99. The molecule has 0 atom stereocenters. The molecule has 4 nitrogen and oxygen atoms in total. The average Bonchev–Trinajstić information content (AvgIpc) is 2.40. The topological polar surface area (TPSA) is 30.3 Å². The van der Waals surface area contributed by atoms with E-state index in [9.17, 15) is 0 Å². The van der Waals surface area contributed by atoms with Gasteiger partial charge in [0.15, 0.2) is 0 Å². The highest BCUT2D eigenvalue weighted by atomic mass is 79.9. The first-order chi connectivity index (χ1) is 8.60. The highest BCUT2D eigenvalue weighted by Crippen LogP contribution is 2.30. The second-order valence-electron chi connectivity index (χ2n) is 6.74. The summed E-state index contributed by atoms with van der Waals surface area (Å²) >= 11 is 3.64. The van der Waals surface area contributed by atoms with Crippen LogP contribution in [-0.2, 0) is 18.3 Å². The molecule has 0 bridgehead atoms. The van der Waals surface area contributed by atoms with Crippen molar-refractivity contribution >= 4 is 15.9 Å². The predicted molar refractivity (Wildman–Crippen MR) is 80.2 cm³/mol. The van der Waals surface area contributed by atoms with Crippen LogP contribution < -0.4 is 0 Å². The van der Waals surface area contributed by atoms with E-state index in [2.05, 4.69) is 53.6 Å². The number of rotatable bonds is 2. The van der Waals surface area contributed by atoms with Gasteiger partial charge in [0.25, 0.3) is 0 Å². The molecule has 1 aromatic rings. The lowest BCUT2D eigenvalue weighted by Crippen LogP contribution is -2.56. The first-order valence-corrected chi connectivity index (χ1v) is 7.49. The summed E-state index contributed by atoms with van der Waals surface area (Å²) in [6.07, 6.45) is 0. The molecular weight excluding hydrogens is 306 g/mol. The van der Waals surface area contributed by atoms with Crippen LogP contribution in [0.1, 0.15) is 39.1 Å². The molecule has 0 N–H and O–H groups in total. The van der Waals surface area contributed by atoms with Gasteiger partial charge in [0.05, 0.1) is 27.1 Å². The third kappa shape index (κ3) is 3.38. The standard InChI is InChI=1S/C14H24BrN3O/c1-10-12(15)11(17(6)16-10)7-18-8-13(2,3)19-14(4,5)9-18/h7-9H2,1-6H3. The minimum Gasteiger partial charge on any atom is -0.367 e. The van der Waals surface area contributed by atoms with E-state index in [-0.39, 0.29) is 11.2 Å². The molecule has 19 heavy (non-hydrogen) atoms. The van der Waals surface area contributed by atoms with Crippen LogP contribution in [0, 0.1) is 6.92 Å². The Hall–Kier alpha value is -0.390. The maximum absolute atomic E-state index is 6.12. The maximum atomic E-state index is 6.12. The fraction of sp³-hybridized carbons (Fsp3) is 0.786. The van der Waals surface area contributed by atoms with Crippen molar-refractivity contribution in [3.05, 3.63) is 15.9 Å². The molecule has 1 fully saturated rings. The summed E-state index contributed by atoms with van der Waals surface area (Å²) in [6.45, 7) is 13.4. The van der Waals surface area contributed by atoms with E-state index in [1.807, 2.05) is 18.7 Å². The highest BCUT2D eigenvalue weighted by Gasteiger charge is 2.38. The Morgan fingerprint density at radius 3 is 2.16 bits per heavy atom. The Bertz CT molecular complexity index is 463. The Morgan fingerprint density at radius 2 is 1.74 bits per heavy atom. The van der Waals surface area contributed by atoms with E-state index >= 15 is 0 Å². The SMILES string of the molecule is Cc1nn(C)c(CN2CC(C)(C)OC(C)(C)C2)c1Br. The van der Waals surface area contributed by atoms with Crippen LogP contribution in [0.4, 0.5) is 0 Å². The first-order valence-electron chi connectivity index (χ1n) is 6.70. The number of hydrogen-bond donors (Lipinski definition) is 0. The molecule has 2 heterocycles. The summed E-state index contributed by atoms with van der Waals surface area (Å²) in [4.78, 5) is 2.45. The number of halogens is 1. The van der Waals surface area contributed by atoms with Gasteiger partial charge < -0.3 is 4.74 Å². The van der Waals surface area contributed by atoms with Gasteiger partial charge in [-0.25, -0.2) is 0 Å². The summed E-state index contributed by atoms with van der Waals surface area (Å²) in [6, 6.07) is 0. The van der Waals surface area contributed by atoms with Crippen molar-refractivity contribution in [3.8, 4) is 0 Å². The Kier molecular flexibility index (Phi) is 3.84. The Morgan fingerprint density at radius 1 is 1.21 bits per heavy atom. The van der Waals surface area contributed by atoms with Crippen LogP contribution in [0.2, 0.25) is 0 Å². The van der Waals surface area contributed by atoms with Gasteiger partial charge in [-0.15, -0.1) is 0 Å². The summed E-state index contributed by atoms with van der Waals surface area (Å²) in [7, 11) is 2.00. The molecular formula is C14H24BrN3O. The van der Waals surface area contributed by atoms with Crippen LogP contribution in [0.3, 0.4) is 0 Å². The fourth-order valence-electron chi connectivity index (χ4n) is 3.12. The Labute approximate surface area is 124 Å². The molecule has 0 aliphatic carbocycles. The van der Waals surface area contributed by atoms with Gasteiger partial charge in [0, 0.05) is 26.7 Å². The van der Waals surface area contributed by atoms with Crippen molar-refractivity contribution in [2.24, 2.45) is 7.05 Å². The lowest BCUT2D eigenvalue weighted by molar-refractivity contribution is -0.182. The molecule has 0 saturated carbocycles. The van der Waals surface area contributed by atoms with E-state index in [1.54, 1.807) is 0 Å². The minimum atomic E-state index is -0.109. The van der Waals surface area contributed by atoms with Crippen molar-refractivity contribution in [1.82, 2.24) is 14.7 Å². The van der Waals surface area contributed by atoms with Gasteiger partial charge in [-0.1, -0.05) is 0 Å². The zero-order chi connectivity index (χ0) is 14.4. The van der Waals surface area contributed by atoms with Crippen molar-refractivity contribution in [2.45, 2.75) is 52.4 Å². The van der Waals surface area contributed by atoms with Crippen molar-refractivity contribution in [1.29, 1.82) is 0 Å². The molecule has 1 aromatic heterocycles.